The van der Waals surface area contributed by atoms with E-state index in [4.69, 9.17) is 9.47 Å². The van der Waals surface area contributed by atoms with Crippen molar-refractivity contribution in [3.8, 4) is 0 Å². The molecule has 0 N–H and O–H groups in total. The van der Waals surface area contributed by atoms with Gasteiger partial charge in [-0.2, -0.15) is 0 Å². The van der Waals surface area contributed by atoms with Gasteiger partial charge in [-0.05, 0) is 18.1 Å². The lowest BCUT2D eigenvalue weighted by Crippen LogP contribution is -2.33. The molecule has 0 aliphatic carbocycles. The highest BCUT2D eigenvalue weighted by Gasteiger charge is 2.35. The number of carbonyl (C=O) groups excluding carboxylic acids is 3. The number of nitrogens with zero attached hydrogens (tertiary/aromatic N) is 1. The maximum absolute atomic E-state index is 12.0. The third kappa shape index (κ3) is 2.79. The molecule has 2 rings (SSSR count). The average molecular weight is 277 g/mol. The van der Waals surface area contributed by atoms with Crippen molar-refractivity contribution in [2.24, 2.45) is 5.92 Å². The summed E-state index contributed by atoms with van der Waals surface area (Å²) in [6.07, 6.45) is -0.893. The number of fused-ring (bicyclic) bond motifs is 1. The number of hydrogen-bond acceptors (Lipinski definition) is 5. The molecule has 1 aliphatic heterocycles. The topological polar surface area (TPSA) is 72.9 Å². The molecule has 2 amide bonds. The quantitative estimate of drug-likeness (QED) is 0.622. The first-order valence-electron chi connectivity index (χ1n) is 6.25. The summed E-state index contributed by atoms with van der Waals surface area (Å²) in [6, 6.07) is 6.47. The van der Waals surface area contributed by atoms with E-state index in [1.165, 1.54) is 0 Å². The SMILES string of the molecule is CC(C)COC(=O)OCN1C(=O)c2ccccc2C1=O. The number of carbonyl (C=O) groups is 3. The molecule has 0 atom stereocenters. The summed E-state index contributed by atoms with van der Waals surface area (Å²) in [4.78, 5) is 36.1. The Hall–Kier alpha value is -2.37. The highest BCUT2D eigenvalue weighted by molar-refractivity contribution is 6.21. The zero-order valence-corrected chi connectivity index (χ0v) is 11.3. The van der Waals surface area contributed by atoms with Crippen molar-refractivity contribution in [3.63, 3.8) is 0 Å². The molecule has 1 heterocycles. The molecule has 20 heavy (non-hydrogen) atoms. The van der Waals surface area contributed by atoms with Crippen molar-refractivity contribution in [1.82, 2.24) is 4.90 Å². The molecule has 1 aromatic rings. The fourth-order valence-corrected chi connectivity index (χ4v) is 1.75. The smallest absolute Gasteiger partial charge is 0.434 e. The molecule has 6 heteroatoms. The van der Waals surface area contributed by atoms with Crippen LogP contribution in [0.5, 0.6) is 0 Å². The highest BCUT2D eigenvalue weighted by atomic mass is 16.7. The van der Waals surface area contributed by atoms with Crippen molar-refractivity contribution in [3.05, 3.63) is 35.4 Å². The number of imide groups is 1. The summed E-state index contributed by atoms with van der Waals surface area (Å²) in [5.74, 6) is -0.758. The second-order valence-corrected chi connectivity index (χ2v) is 4.81. The van der Waals surface area contributed by atoms with Gasteiger partial charge in [0.1, 0.15) is 0 Å². The van der Waals surface area contributed by atoms with E-state index in [-0.39, 0.29) is 12.5 Å². The van der Waals surface area contributed by atoms with Crippen LogP contribution in [-0.4, -0.2) is 36.2 Å². The maximum atomic E-state index is 12.0. The van der Waals surface area contributed by atoms with Crippen LogP contribution < -0.4 is 0 Å². The summed E-state index contributed by atoms with van der Waals surface area (Å²) in [5.41, 5.74) is 0.633. The van der Waals surface area contributed by atoms with Crippen LogP contribution in [0.25, 0.3) is 0 Å². The monoisotopic (exact) mass is 277 g/mol. The first-order chi connectivity index (χ1) is 9.50. The van der Waals surface area contributed by atoms with Crippen LogP contribution in [0.2, 0.25) is 0 Å². The molecule has 0 unspecified atom stereocenters. The number of ether oxygens (including phenoxy) is 2. The molecule has 1 aliphatic rings. The minimum absolute atomic E-state index is 0.182. The van der Waals surface area contributed by atoms with Gasteiger partial charge in [-0.1, -0.05) is 26.0 Å². The Morgan fingerprint density at radius 2 is 1.65 bits per heavy atom. The van der Waals surface area contributed by atoms with Crippen LogP contribution in [0, 0.1) is 5.92 Å². The Balaban J connectivity index is 1.94. The molecule has 0 aromatic heterocycles. The predicted molar refractivity (Wildman–Crippen MR) is 69.1 cm³/mol. The van der Waals surface area contributed by atoms with E-state index in [0.717, 1.165) is 4.90 Å². The molecule has 1 aromatic carbocycles. The van der Waals surface area contributed by atoms with Crippen molar-refractivity contribution in [2.45, 2.75) is 13.8 Å². The fraction of sp³-hybridized carbons (Fsp3) is 0.357. The standard InChI is InChI=1S/C14H15NO5/c1-9(2)7-19-14(18)20-8-15-12(16)10-5-3-4-6-11(10)13(15)17/h3-6,9H,7-8H2,1-2H3. The van der Waals surface area contributed by atoms with E-state index < -0.39 is 24.7 Å². The van der Waals surface area contributed by atoms with E-state index in [0.29, 0.717) is 11.1 Å². The molecule has 0 fully saturated rings. The van der Waals surface area contributed by atoms with Gasteiger partial charge in [0.25, 0.3) is 11.8 Å². The second kappa shape index (κ2) is 5.73. The summed E-state index contributed by atoms with van der Waals surface area (Å²) >= 11 is 0. The Bertz CT molecular complexity index is 517. The molecular weight excluding hydrogens is 262 g/mol. The Morgan fingerprint density at radius 1 is 1.10 bits per heavy atom. The van der Waals surface area contributed by atoms with Gasteiger partial charge in [-0.15, -0.1) is 0 Å². The molecular formula is C14H15NO5. The summed E-state index contributed by atoms with van der Waals surface area (Å²) < 4.78 is 9.57. The van der Waals surface area contributed by atoms with Crippen molar-refractivity contribution in [2.75, 3.05) is 13.3 Å². The Labute approximate surface area is 116 Å². The lowest BCUT2D eigenvalue weighted by Gasteiger charge is -2.14. The van der Waals surface area contributed by atoms with Gasteiger partial charge in [0, 0.05) is 0 Å². The van der Waals surface area contributed by atoms with Gasteiger partial charge in [-0.3, -0.25) is 9.59 Å². The molecule has 0 bridgehead atoms. The van der Waals surface area contributed by atoms with Gasteiger partial charge >= 0.3 is 6.16 Å². The first-order valence-corrected chi connectivity index (χ1v) is 6.25. The predicted octanol–water partition coefficient (Wildman–Crippen LogP) is 2.05. The molecule has 0 spiro atoms. The normalized spacial score (nSPS) is 13.7. The Morgan fingerprint density at radius 3 is 2.15 bits per heavy atom. The van der Waals surface area contributed by atoms with E-state index in [9.17, 15) is 14.4 Å². The molecule has 0 saturated carbocycles. The van der Waals surface area contributed by atoms with Gasteiger partial charge in [0.2, 0.25) is 0 Å². The average Bonchev–Trinajstić information content (AvgIpc) is 2.67. The van der Waals surface area contributed by atoms with Gasteiger partial charge in [0.15, 0.2) is 6.73 Å². The maximum Gasteiger partial charge on any atom is 0.510 e. The van der Waals surface area contributed by atoms with Crippen LogP contribution in [-0.2, 0) is 9.47 Å². The van der Waals surface area contributed by atoms with E-state index in [1.807, 2.05) is 13.8 Å². The molecule has 0 radical (unpaired) electrons. The number of rotatable bonds is 4. The number of hydrogen-bond donors (Lipinski definition) is 0. The summed E-state index contributed by atoms with van der Waals surface area (Å²) in [7, 11) is 0. The van der Waals surface area contributed by atoms with Crippen LogP contribution in [0.4, 0.5) is 4.79 Å². The third-order valence-electron chi connectivity index (χ3n) is 2.72. The van der Waals surface area contributed by atoms with Crippen LogP contribution in [0.3, 0.4) is 0 Å². The largest absolute Gasteiger partial charge is 0.510 e. The third-order valence-corrected chi connectivity index (χ3v) is 2.72. The summed E-state index contributed by atoms with van der Waals surface area (Å²) in [6.45, 7) is 3.55. The van der Waals surface area contributed by atoms with Crippen LogP contribution >= 0.6 is 0 Å². The molecule has 106 valence electrons. The van der Waals surface area contributed by atoms with Gasteiger partial charge in [-0.25, -0.2) is 9.69 Å². The van der Waals surface area contributed by atoms with Crippen molar-refractivity contribution < 1.29 is 23.9 Å². The van der Waals surface area contributed by atoms with E-state index in [2.05, 4.69) is 0 Å². The van der Waals surface area contributed by atoms with Crippen LogP contribution in [0.15, 0.2) is 24.3 Å². The zero-order valence-electron chi connectivity index (χ0n) is 11.3. The zero-order chi connectivity index (χ0) is 14.7. The fourth-order valence-electron chi connectivity index (χ4n) is 1.75. The van der Waals surface area contributed by atoms with Crippen molar-refractivity contribution >= 4 is 18.0 Å². The number of benzene rings is 1. The van der Waals surface area contributed by atoms with Crippen molar-refractivity contribution in [1.29, 1.82) is 0 Å². The lowest BCUT2D eigenvalue weighted by molar-refractivity contribution is 0.0132. The minimum atomic E-state index is -0.893. The van der Waals surface area contributed by atoms with Gasteiger partial charge in [0.05, 0.1) is 17.7 Å². The van der Waals surface area contributed by atoms with Crippen LogP contribution in [0.1, 0.15) is 34.6 Å². The number of amides is 2. The first kappa shape index (κ1) is 14.0. The minimum Gasteiger partial charge on any atom is -0.434 e. The lowest BCUT2D eigenvalue weighted by atomic mass is 10.1. The second-order valence-electron chi connectivity index (χ2n) is 4.81. The van der Waals surface area contributed by atoms with Gasteiger partial charge < -0.3 is 9.47 Å². The summed E-state index contributed by atoms with van der Waals surface area (Å²) in [5, 5.41) is 0. The highest BCUT2D eigenvalue weighted by Crippen LogP contribution is 2.22. The Kier molecular flexibility index (Phi) is 4.02. The molecule has 6 nitrogen and oxygen atoms in total. The van der Waals surface area contributed by atoms with E-state index in [1.54, 1.807) is 24.3 Å². The van der Waals surface area contributed by atoms with E-state index >= 15 is 0 Å². The molecule has 0 saturated heterocycles.